The zero-order chi connectivity index (χ0) is 18.4. The third-order valence-electron chi connectivity index (χ3n) is 4.16. The molecule has 0 aliphatic carbocycles. The van der Waals surface area contributed by atoms with Crippen molar-refractivity contribution in [2.45, 2.75) is 27.2 Å². The molecule has 0 spiro atoms. The monoisotopic (exact) mass is 342 g/mol. The predicted molar refractivity (Wildman–Crippen MR) is 97.1 cm³/mol. The van der Waals surface area contributed by atoms with Crippen LogP contribution < -0.4 is 10.2 Å². The lowest BCUT2D eigenvalue weighted by molar-refractivity contribution is -0.121. The highest BCUT2D eigenvalue weighted by Crippen LogP contribution is 2.22. The summed E-state index contributed by atoms with van der Waals surface area (Å²) < 4.78 is 13.1. The van der Waals surface area contributed by atoms with Gasteiger partial charge in [0.25, 0.3) is 0 Å². The molecule has 132 valence electrons. The molecule has 0 saturated heterocycles. The molecule has 2 aromatic carbocycles. The van der Waals surface area contributed by atoms with E-state index in [0.29, 0.717) is 18.7 Å². The predicted octanol–water partition coefficient (Wildman–Crippen LogP) is 3.15. The van der Waals surface area contributed by atoms with E-state index in [1.165, 1.54) is 19.1 Å². The summed E-state index contributed by atoms with van der Waals surface area (Å²) >= 11 is 0. The summed E-state index contributed by atoms with van der Waals surface area (Å²) in [6, 6.07) is 11.8. The standard InChI is InChI=1S/C20H23FN2O2/c1-14-6-4-9-19(15(14)2)23(16(3)24)11-10-22-20(25)13-17-7-5-8-18(21)12-17/h4-9,12H,10-11,13H2,1-3H3,(H,22,25). The number of hydrogen-bond acceptors (Lipinski definition) is 2. The van der Waals surface area contributed by atoms with E-state index in [9.17, 15) is 14.0 Å². The number of rotatable bonds is 6. The van der Waals surface area contributed by atoms with Gasteiger partial charge in [0.05, 0.1) is 6.42 Å². The summed E-state index contributed by atoms with van der Waals surface area (Å²) in [6.07, 6.45) is 0.112. The molecule has 2 rings (SSSR count). The van der Waals surface area contributed by atoms with Crippen molar-refractivity contribution in [1.82, 2.24) is 5.32 Å². The Balaban J connectivity index is 1.94. The molecule has 2 aromatic rings. The quantitative estimate of drug-likeness (QED) is 0.877. The van der Waals surface area contributed by atoms with Gasteiger partial charge in [-0.25, -0.2) is 4.39 Å². The highest BCUT2D eigenvalue weighted by molar-refractivity contribution is 5.92. The van der Waals surface area contributed by atoms with Crippen LogP contribution in [0.3, 0.4) is 0 Å². The molecule has 0 heterocycles. The van der Waals surface area contributed by atoms with Crippen molar-refractivity contribution in [3.63, 3.8) is 0 Å². The first kappa shape index (κ1) is 18.6. The third kappa shape index (κ3) is 5.14. The van der Waals surface area contributed by atoms with Crippen molar-refractivity contribution in [2.75, 3.05) is 18.0 Å². The van der Waals surface area contributed by atoms with Gasteiger partial charge < -0.3 is 10.2 Å². The number of amides is 2. The molecule has 25 heavy (non-hydrogen) atoms. The van der Waals surface area contributed by atoms with Gasteiger partial charge in [-0.1, -0.05) is 24.3 Å². The normalized spacial score (nSPS) is 10.4. The second kappa shape index (κ2) is 8.42. The fraction of sp³-hybridized carbons (Fsp3) is 0.300. The molecule has 4 nitrogen and oxygen atoms in total. The molecule has 0 aliphatic rings. The maximum Gasteiger partial charge on any atom is 0.224 e. The lowest BCUT2D eigenvalue weighted by Crippen LogP contribution is -2.38. The van der Waals surface area contributed by atoms with Gasteiger partial charge in [-0.15, -0.1) is 0 Å². The molecule has 0 radical (unpaired) electrons. The average Bonchev–Trinajstić information content (AvgIpc) is 2.54. The number of carbonyl (C=O) groups is 2. The summed E-state index contributed by atoms with van der Waals surface area (Å²) in [5.41, 5.74) is 3.63. The number of anilines is 1. The minimum Gasteiger partial charge on any atom is -0.354 e. The van der Waals surface area contributed by atoms with Crippen LogP contribution in [0.4, 0.5) is 10.1 Å². The van der Waals surface area contributed by atoms with Crippen LogP contribution in [0.15, 0.2) is 42.5 Å². The molecule has 2 amide bonds. The summed E-state index contributed by atoms with van der Waals surface area (Å²) in [5.74, 6) is -0.633. The Hall–Kier alpha value is -2.69. The lowest BCUT2D eigenvalue weighted by Gasteiger charge is -2.24. The highest BCUT2D eigenvalue weighted by atomic mass is 19.1. The molecule has 0 fully saturated rings. The first-order chi connectivity index (χ1) is 11.9. The number of benzene rings is 2. The molecular weight excluding hydrogens is 319 g/mol. The van der Waals surface area contributed by atoms with Gasteiger partial charge in [-0.2, -0.15) is 0 Å². The van der Waals surface area contributed by atoms with Gasteiger partial charge in [-0.05, 0) is 48.7 Å². The van der Waals surface area contributed by atoms with Crippen LogP contribution in [0.2, 0.25) is 0 Å². The lowest BCUT2D eigenvalue weighted by atomic mass is 10.1. The van der Waals surface area contributed by atoms with Crippen molar-refractivity contribution in [3.05, 3.63) is 65.0 Å². The van der Waals surface area contributed by atoms with Crippen LogP contribution in [0, 0.1) is 19.7 Å². The van der Waals surface area contributed by atoms with Gasteiger partial charge in [0.2, 0.25) is 11.8 Å². The van der Waals surface area contributed by atoms with Gasteiger partial charge >= 0.3 is 0 Å². The van der Waals surface area contributed by atoms with E-state index >= 15 is 0 Å². The summed E-state index contributed by atoms with van der Waals surface area (Å²) in [4.78, 5) is 25.6. The summed E-state index contributed by atoms with van der Waals surface area (Å²) in [5, 5.41) is 2.78. The molecule has 0 unspecified atom stereocenters. The Morgan fingerprint density at radius 1 is 1.12 bits per heavy atom. The van der Waals surface area contributed by atoms with Crippen molar-refractivity contribution in [1.29, 1.82) is 0 Å². The Bertz CT molecular complexity index is 774. The smallest absolute Gasteiger partial charge is 0.224 e. The fourth-order valence-corrected chi connectivity index (χ4v) is 2.68. The van der Waals surface area contributed by atoms with Gasteiger partial charge in [0.1, 0.15) is 5.82 Å². The van der Waals surface area contributed by atoms with Crippen molar-refractivity contribution in [2.24, 2.45) is 0 Å². The summed E-state index contributed by atoms with van der Waals surface area (Å²) in [7, 11) is 0. The van der Waals surface area contributed by atoms with Crippen LogP contribution >= 0.6 is 0 Å². The molecule has 0 aromatic heterocycles. The number of aryl methyl sites for hydroxylation is 1. The van der Waals surface area contributed by atoms with Gasteiger partial charge in [0.15, 0.2) is 0 Å². The molecule has 5 heteroatoms. The number of hydrogen-bond donors (Lipinski definition) is 1. The molecule has 0 aliphatic heterocycles. The van der Waals surface area contributed by atoms with Crippen molar-refractivity contribution in [3.8, 4) is 0 Å². The Kier molecular flexibility index (Phi) is 6.28. The minimum atomic E-state index is -0.358. The minimum absolute atomic E-state index is 0.0759. The Morgan fingerprint density at radius 2 is 1.84 bits per heavy atom. The second-order valence-corrected chi connectivity index (χ2v) is 6.05. The first-order valence-electron chi connectivity index (χ1n) is 8.24. The van der Waals surface area contributed by atoms with E-state index in [4.69, 9.17) is 0 Å². The van der Waals surface area contributed by atoms with Gasteiger partial charge in [0, 0.05) is 25.7 Å². The van der Waals surface area contributed by atoms with Crippen molar-refractivity contribution >= 4 is 17.5 Å². The van der Waals surface area contributed by atoms with Crippen LogP contribution in [-0.2, 0) is 16.0 Å². The van der Waals surface area contributed by atoms with E-state index in [2.05, 4.69) is 5.32 Å². The van der Waals surface area contributed by atoms with Crippen LogP contribution in [0.1, 0.15) is 23.6 Å². The molecule has 1 N–H and O–H groups in total. The van der Waals surface area contributed by atoms with E-state index in [1.807, 2.05) is 32.0 Å². The van der Waals surface area contributed by atoms with Crippen LogP contribution in [0.25, 0.3) is 0 Å². The maximum atomic E-state index is 13.1. The van der Waals surface area contributed by atoms with E-state index in [0.717, 1.165) is 16.8 Å². The zero-order valence-corrected chi connectivity index (χ0v) is 14.8. The highest BCUT2D eigenvalue weighted by Gasteiger charge is 2.14. The third-order valence-corrected chi connectivity index (χ3v) is 4.16. The Morgan fingerprint density at radius 3 is 2.52 bits per heavy atom. The van der Waals surface area contributed by atoms with E-state index in [-0.39, 0.29) is 24.1 Å². The number of nitrogens with one attached hydrogen (secondary N) is 1. The molecular formula is C20H23FN2O2. The maximum absolute atomic E-state index is 13.1. The topological polar surface area (TPSA) is 49.4 Å². The number of nitrogens with zero attached hydrogens (tertiary/aromatic N) is 1. The largest absolute Gasteiger partial charge is 0.354 e. The second-order valence-electron chi connectivity index (χ2n) is 6.05. The summed E-state index contributed by atoms with van der Waals surface area (Å²) in [6.45, 7) is 6.20. The first-order valence-corrected chi connectivity index (χ1v) is 8.24. The fourth-order valence-electron chi connectivity index (χ4n) is 2.68. The average molecular weight is 342 g/mol. The molecule has 0 bridgehead atoms. The van der Waals surface area contributed by atoms with E-state index in [1.54, 1.807) is 17.0 Å². The van der Waals surface area contributed by atoms with Gasteiger partial charge in [-0.3, -0.25) is 9.59 Å². The van der Waals surface area contributed by atoms with E-state index < -0.39 is 0 Å². The zero-order valence-electron chi connectivity index (χ0n) is 14.8. The van der Waals surface area contributed by atoms with Crippen LogP contribution in [-0.4, -0.2) is 24.9 Å². The molecule has 0 saturated carbocycles. The van der Waals surface area contributed by atoms with Crippen LogP contribution in [0.5, 0.6) is 0 Å². The number of halogens is 1. The SMILES string of the molecule is CC(=O)N(CCNC(=O)Cc1cccc(F)c1)c1cccc(C)c1C. The Labute approximate surface area is 147 Å². The molecule has 0 atom stereocenters. The van der Waals surface area contributed by atoms with Crippen molar-refractivity contribution < 1.29 is 14.0 Å². The number of carbonyl (C=O) groups excluding carboxylic acids is 2.